The summed E-state index contributed by atoms with van der Waals surface area (Å²) in [5, 5.41) is 14.0. The van der Waals surface area contributed by atoms with Crippen LogP contribution < -0.4 is 0 Å². The number of rotatable bonds is 1. The summed E-state index contributed by atoms with van der Waals surface area (Å²) in [5.74, 6) is 2.50. The molecule has 9 heteroatoms. The lowest BCUT2D eigenvalue weighted by atomic mass is 9.78. The second-order valence-electron chi connectivity index (χ2n) is 8.99. The third kappa shape index (κ3) is 3.79. The van der Waals surface area contributed by atoms with Gasteiger partial charge in [0.05, 0.1) is 16.9 Å². The van der Waals surface area contributed by atoms with Gasteiger partial charge in [0.2, 0.25) is 0 Å². The highest BCUT2D eigenvalue weighted by atomic mass is 32.3. The van der Waals surface area contributed by atoms with Crippen LogP contribution in [0, 0.1) is 0 Å². The summed E-state index contributed by atoms with van der Waals surface area (Å²) in [5.41, 5.74) is -0.575. The maximum atomic E-state index is 12.7. The van der Waals surface area contributed by atoms with E-state index in [4.69, 9.17) is 0 Å². The predicted molar refractivity (Wildman–Crippen MR) is 132 cm³/mol. The Morgan fingerprint density at radius 3 is 1.71 bits per heavy atom. The van der Waals surface area contributed by atoms with Gasteiger partial charge in [0.25, 0.3) is 0 Å². The molecular weight excluding hydrogens is 465 g/mol. The van der Waals surface area contributed by atoms with Gasteiger partial charge in [-0.2, -0.15) is 0 Å². The van der Waals surface area contributed by atoms with Gasteiger partial charge in [-0.3, -0.25) is 4.90 Å². The van der Waals surface area contributed by atoms with Gasteiger partial charge in [-0.15, -0.1) is 33.8 Å². The summed E-state index contributed by atoms with van der Waals surface area (Å²) in [7, 11) is 0. The Balaban J connectivity index is 1.24. The standard InChI is InChI=1S/C19H25N2OS6/c1-18(2)7-11(8-19(3,4)21(18)22)20-9-12-13(10-20)26-16(25-12)17-27-14-15(28-17)24-6-5-23-14/h11H,5-10H2,1-4H3. The molecule has 0 unspecified atom stereocenters. The van der Waals surface area contributed by atoms with E-state index in [1.54, 1.807) is 9.81 Å². The molecule has 1 radical (unpaired) electrons. The van der Waals surface area contributed by atoms with Crippen molar-refractivity contribution >= 4 is 70.6 Å². The Morgan fingerprint density at radius 2 is 1.21 bits per heavy atom. The van der Waals surface area contributed by atoms with Gasteiger partial charge in [-0.1, -0.05) is 47.0 Å². The molecule has 0 spiro atoms. The minimum Gasteiger partial charge on any atom is -0.291 e. The highest BCUT2D eigenvalue weighted by molar-refractivity contribution is 8.43. The largest absolute Gasteiger partial charge is 0.291 e. The van der Waals surface area contributed by atoms with Gasteiger partial charge in [0.1, 0.15) is 0 Å². The van der Waals surface area contributed by atoms with Crippen LogP contribution in [0.5, 0.6) is 0 Å². The second kappa shape index (κ2) is 7.66. The second-order valence-corrected chi connectivity index (χ2v) is 16.5. The molecule has 0 saturated carbocycles. The van der Waals surface area contributed by atoms with Crippen molar-refractivity contribution in [1.29, 1.82) is 0 Å². The van der Waals surface area contributed by atoms with Gasteiger partial charge < -0.3 is 0 Å². The minimum atomic E-state index is -0.288. The van der Waals surface area contributed by atoms with E-state index >= 15 is 0 Å². The fraction of sp³-hybridized carbons (Fsp3) is 0.684. The maximum Gasteiger partial charge on any atom is 0.0717 e. The molecule has 0 N–H and O–H groups in total. The van der Waals surface area contributed by atoms with Crippen LogP contribution in [-0.2, 0) is 5.21 Å². The number of hydrogen-bond donors (Lipinski definition) is 0. The van der Waals surface area contributed by atoms with Gasteiger partial charge in [0, 0.05) is 51.5 Å². The molecule has 0 aromatic heterocycles. The first-order valence-corrected chi connectivity index (χ1v) is 14.9. The summed E-state index contributed by atoms with van der Waals surface area (Å²) >= 11 is 12.1. The van der Waals surface area contributed by atoms with Crippen molar-refractivity contribution in [3.05, 3.63) is 26.8 Å². The number of hydroxylamine groups is 2. The van der Waals surface area contributed by atoms with E-state index in [2.05, 4.69) is 32.6 Å². The summed E-state index contributed by atoms with van der Waals surface area (Å²) in [6, 6.07) is 0.495. The number of nitrogens with zero attached hydrogens (tertiary/aromatic N) is 2. The molecule has 0 bridgehead atoms. The normalized spacial score (nSPS) is 31.2. The average molecular weight is 490 g/mol. The zero-order valence-electron chi connectivity index (χ0n) is 16.6. The first kappa shape index (κ1) is 21.1. The van der Waals surface area contributed by atoms with Gasteiger partial charge in [-0.05, 0) is 40.5 Å². The monoisotopic (exact) mass is 489 g/mol. The summed E-state index contributed by atoms with van der Waals surface area (Å²) < 4.78 is 6.08. The molecule has 0 amide bonds. The Hall–Kier alpha value is 1.20. The van der Waals surface area contributed by atoms with E-state index in [1.165, 1.54) is 33.5 Å². The number of piperidine rings is 1. The fourth-order valence-electron chi connectivity index (χ4n) is 4.64. The SMILES string of the molecule is CC1(C)CC(N2CC3=C(C2)SC(=C2SC4=C(SCCS4)S2)S3)CC(C)(C)N1[O]. The molecule has 3 nitrogen and oxygen atoms in total. The van der Waals surface area contributed by atoms with Crippen molar-refractivity contribution in [3.8, 4) is 0 Å². The minimum absolute atomic E-state index is 0.288. The van der Waals surface area contributed by atoms with Crippen LogP contribution in [0.15, 0.2) is 26.8 Å². The zero-order chi connectivity index (χ0) is 19.7. The number of thioether (sulfide) groups is 6. The van der Waals surface area contributed by atoms with Crippen LogP contribution in [0.2, 0.25) is 0 Å². The molecule has 28 heavy (non-hydrogen) atoms. The lowest BCUT2D eigenvalue weighted by Gasteiger charge is -2.52. The Labute approximate surface area is 193 Å². The molecule has 5 rings (SSSR count). The van der Waals surface area contributed by atoms with Crippen molar-refractivity contribution in [3.63, 3.8) is 0 Å². The highest BCUT2D eigenvalue weighted by Gasteiger charge is 2.49. The predicted octanol–water partition coefficient (Wildman–Crippen LogP) is 6.57. The van der Waals surface area contributed by atoms with Gasteiger partial charge in [0.15, 0.2) is 0 Å². The van der Waals surface area contributed by atoms with Crippen LogP contribution in [-0.4, -0.2) is 51.7 Å². The van der Waals surface area contributed by atoms with E-state index in [-0.39, 0.29) is 11.1 Å². The lowest BCUT2D eigenvalue weighted by Crippen LogP contribution is -2.62. The molecule has 153 valence electrons. The smallest absolute Gasteiger partial charge is 0.0717 e. The van der Waals surface area contributed by atoms with Gasteiger partial charge in [-0.25, -0.2) is 0 Å². The molecule has 0 aromatic carbocycles. The van der Waals surface area contributed by atoms with Crippen molar-refractivity contribution in [2.45, 2.75) is 57.7 Å². The first-order chi connectivity index (χ1) is 13.2. The van der Waals surface area contributed by atoms with Crippen LogP contribution in [0.3, 0.4) is 0 Å². The van der Waals surface area contributed by atoms with Gasteiger partial charge >= 0.3 is 0 Å². The van der Waals surface area contributed by atoms with Crippen LogP contribution in [0.4, 0.5) is 0 Å². The van der Waals surface area contributed by atoms with E-state index in [1.807, 2.05) is 70.6 Å². The Morgan fingerprint density at radius 1 is 0.750 bits per heavy atom. The molecule has 5 aliphatic rings. The lowest BCUT2D eigenvalue weighted by molar-refractivity contribution is -0.294. The van der Waals surface area contributed by atoms with Crippen LogP contribution >= 0.6 is 70.6 Å². The molecule has 1 saturated heterocycles. The molecule has 5 aliphatic heterocycles. The number of hydrogen-bond acceptors (Lipinski definition) is 8. The Kier molecular flexibility index (Phi) is 5.76. The fourth-order valence-corrected chi connectivity index (χ4v) is 13.7. The molecular formula is C19H25N2OS6. The summed E-state index contributed by atoms with van der Waals surface area (Å²) in [4.78, 5) is 5.74. The maximum absolute atomic E-state index is 12.7. The van der Waals surface area contributed by atoms with E-state index < -0.39 is 0 Å². The molecule has 0 aromatic rings. The molecule has 0 aliphatic carbocycles. The zero-order valence-corrected chi connectivity index (χ0v) is 21.5. The van der Waals surface area contributed by atoms with Crippen LogP contribution in [0.1, 0.15) is 40.5 Å². The van der Waals surface area contributed by atoms with Crippen molar-refractivity contribution < 1.29 is 5.21 Å². The van der Waals surface area contributed by atoms with E-state index in [0.717, 1.165) is 25.9 Å². The quantitative estimate of drug-likeness (QED) is 0.408. The van der Waals surface area contributed by atoms with E-state index in [9.17, 15) is 5.21 Å². The third-order valence-corrected chi connectivity index (χ3v) is 14.7. The van der Waals surface area contributed by atoms with Crippen molar-refractivity contribution in [1.82, 2.24) is 9.96 Å². The molecule has 0 atom stereocenters. The Bertz CT molecular complexity index is 744. The first-order valence-electron chi connectivity index (χ1n) is 9.62. The average Bonchev–Trinajstić information content (AvgIpc) is 3.30. The summed E-state index contributed by atoms with van der Waals surface area (Å²) in [6.07, 6.45) is 1.92. The van der Waals surface area contributed by atoms with Crippen LogP contribution in [0.25, 0.3) is 0 Å². The molecule has 5 heterocycles. The van der Waals surface area contributed by atoms with Crippen molar-refractivity contribution in [2.75, 3.05) is 24.6 Å². The molecule has 1 fully saturated rings. The topological polar surface area (TPSA) is 26.4 Å². The van der Waals surface area contributed by atoms with E-state index in [0.29, 0.717) is 6.04 Å². The van der Waals surface area contributed by atoms with Crippen molar-refractivity contribution in [2.24, 2.45) is 0 Å². The highest BCUT2D eigenvalue weighted by Crippen LogP contribution is 2.65. The summed E-state index contributed by atoms with van der Waals surface area (Å²) in [6.45, 7) is 10.6. The third-order valence-electron chi connectivity index (χ3n) is 5.78.